The normalized spacial score (nSPS) is 27.9. The smallest absolute Gasteiger partial charge is 0.312 e. The maximum Gasteiger partial charge on any atom is 0.312 e. The van der Waals surface area contributed by atoms with Crippen molar-refractivity contribution in [3.8, 4) is 0 Å². The molecule has 3 fully saturated rings. The van der Waals surface area contributed by atoms with Crippen LogP contribution >= 0.6 is 15.9 Å². The molecule has 0 saturated carbocycles. The summed E-state index contributed by atoms with van der Waals surface area (Å²) in [5.74, 6) is -3.39. The van der Waals surface area contributed by atoms with E-state index in [4.69, 9.17) is 9.47 Å². The quantitative estimate of drug-likeness (QED) is 0.146. The minimum Gasteiger partial charge on any atom is -0.460 e. The summed E-state index contributed by atoms with van der Waals surface area (Å²) in [7, 11) is 0. The molecule has 11 heteroatoms. The minimum atomic E-state index is -1.28. The van der Waals surface area contributed by atoms with Crippen LogP contribution in [0.5, 0.6) is 0 Å². The van der Waals surface area contributed by atoms with Gasteiger partial charge in [0.2, 0.25) is 17.7 Å². The molecule has 1 unspecified atom stereocenters. The first-order valence-corrected chi connectivity index (χ1v) is 16.8. The Morgan fingerprint density at radius 2 is 2.00 bits per heavy atom. The van der Waals surface area contributed by atoms with Gasteiger partial charge in [-0.05, 0) is 38.2 Å². The fourth-order valence-electron chi connectivity index (χ4n) is 7.01. The van der Waals surface area contributed by atoms with Crippen LogP contribution in [0.3, 0.4) is 0 Å². The summed E-state index contributed by atoms with van der Waals surface area (Å²) in [5.41, 5.74) is -0.378. The molecule has 1 aromatic rings. The summed E-state index contributed by atoms with van der Waals surface area (Å²) in [6, 6.07) is 7.73. The maximum atomic E-state index is 14.6. The molecular formula is C34H46BrN3O7. The number of benzene rings is 1. The Labute approximate surface area is 274 Å². The van der Waals surface area contributed by atoms with Crippen LogP contribution in [0, 0.1) is 11.8 Å². The van der Waals surface area contributed by atoms with Crippen molar-refractivity contribution in [2.45, 2.75) is 87.1 Å². The fraction of sp³-hybridized carbons (Fsp3) is 0.588. The number of likely N-dealkylation sites (tertiary alicyclic amines) is 1. The van der Waals surface area contributed by atoms with Crippen molar-refractivity contribution < 1.29 is 33.8 Å². The third-order valence-electron chi connectivity index (χ3n) is 9.07. The number of amides is 3. The standard InChI is InChI=1S/C34H46BrN3O7/c1-5-8-15-26(40)36-20-22(4)44-33(43)27-28-31(41)38(24(21-39)18-23-13-11-10-12-14-23)30(34(28)19-25(35)29(27)45-34)32(42)37(16-7-3)17-9-6-2/h5,7,10-14,22,24-25,27-30,39H,1,3,6,8-9,15-21H2,2,4H3,(H,36,40)/t22-,24+,25?,27-,28+,29-,30-,34+/m0/s1. The SMILES string of the molecule is C=CCCC(=O)NC[C@H](C)OC(=O)[C@@H]1[C@H]2O[C@@]3(CC2Br)[C@H](C(=O)N(CC=C)CCCC)N([C@@H](CO)Cc2ccccc2)C(=O)[C@@H]13. The molecule has 45 heavy (non-hydrogen) atoms. The molecule has 0 aromatic heterocycles. The molecular weight excluding hydrogens is 642 g/mol. The number of allylic oxidation sites excluding steroid dienone is 1. The molecule has 8 atom stereocenters. The van der Waals surface area contributed by atoms with Gasteiger partial charge in [0.15, 0.2) is 0 Å². The number of aliphatic hydroxyl groups is 1. The number of rotatable bonds is 17. The Kier molecular flexibility index (Phi) is 12.0. The van der Waals surface area contributed by atoms with Crippen molar-refractivity contribution >= 4 is 39.6 Å². The minimum absolute atomic E-state index is 0.117. The van der Waals surface area contributed by atoms with Gasteiger partial charge in [0, 0.05) is 24.3 Å². The number of unbranched alkanes of at least 4 members (excludes halogenated alkanes) is 1. The van der Waals surface area contributed by atoms with E-state index in [1.54, 1.807) is 24.0 Å². The Bertz CT molecular complexity index is 1250. The van der Waals surface area contributed by atoms with Gasteiger partial charge in [0.25, 0.3) is 0 Å². The Morgan fingerprint density at radius 1 is 1.27 bits per heavy atom. The van der Waals surface area contributed by atoms with E-state index in [1.807, 2.05) is 37.3 Å². The van der Waals surface area contributed by atoms with Crippen LogP contribution in [0.25, 0.3) is 0 Å². The van der Waals surface area contributed by atoms with Crippen molar-refractivity contribution in [2.75, 3.05) is 26.2 Å². The molecule has 3 amide bonds. The number of esters is 1. The van der Waals surface area contributed by atoms with Crippen molar-refractivity contribution in [3.05, 3.63) is 61.2 Å². The molecule has 0 aliphatic carbocycles. The largest absolute Gasteiger partial charge is 0.460 e. The van der Waals surface area contributed by atoms with E-state index >= 15 is 0 Å². The molecule has 4 rings (SSSR count). The molecule has 1 aromatic carbocycles. The summed E-state index contributed by atoms with van der Waals surface area (Å²) in [6.07, 6.45) is 5.13. The van der Waals surface area contributed by atoms with Crippen molar-refractivity contribution in [3.63, 3.8) is 0 Å². The molecule has 3 aliphatic heterocycles. The average Bonchev–Trinajstić information content (AvgIpc) is 3.63. The lowest BCUT2D eigenvalue weighted by Gasteiger charge is -2.39. The summed E-state index contributed by atoms with van der Waals surface area (Å²) < 4.78 is 12.4. The molecule has 2 N–H and O–H groups in total. The van der Waals surface area contributed by atoms with Gasteiger partial charge in [-0.25, -0.2) is 0 Å². The lowest BCUT2D eigenvalue weighted by molar-refractivity contribution is -0.160. The molecule has 3 saturated heterocycles. The van der Waals surface area contributed by atoms with E-state index < -0.39 is 53.6 Å². The predicted molar refractivity (Wildman–Crippen MR) is 173 cm³/mol. The van der Waals surface area contributed by atoms with E-state index in [9.17, 15) is 24.3 Å². The summed E-state index contributed by atoms with van der Waals surface area (Å²) in [5, 5.41) is 13.4. The Hall–Kier alpha value is -3.02. The fourth-order valence-corrected chi connectivity index (χ4v) is 7.96. The van der Waals surface area contributed by atoms with Gasteiger partial charge in [0.1, 0.15) is 17.7 Å². The number of hydrogen-bond acceptors (Lipinski definition) is 7. The number of hydrogen-bond donors (Lipinski definition) is 2. The zero-order valence-corrected chi connectivity index (χ0v) is 27.8. The van der Waals surface area contributed by atoms with E-state index in [1.165, 1.54) is 4.90 Å². The van der Waals surface area contributed by atoms with E-state index in [0.29, 0.717) is 32.4 Å². The second-order valence-electron chi connectivity index (χ2n) is 12.2. The number of nitrogens with one attached hydrogen (secondary N) is 1. The number of halogens is 1. The van der Waals surface area contributed by atoms with E-state index in [2.05, 4.69) is 34.4 Å². The number of carbonyl (C=O) groups is 4. The zero-order valence-electron chi connectivity index (χ0n) is 26.2. The Morgan fingerprint density at radius 3 is 2.64 bits per heavy atom. The maximum absolute atomic E-state index is 14.6. The van der Waals surface area contributed by atoms with Gasteiger partial charge in [-0.15, -0.1) is 13.2 Å². The number of alkyl halides is 1. The summed E-state index contributed by atoms with van der Waals surface area (Å²) >= 11 is 3.69. The lowest BCUT2D eigenvalue weighted by atomic mass is 9.70. The van der Waals surface area contributed by atoms with Gasteiger partial charge in [0.05, 0.1) is 37.1 Å². The highest BCUT2D eigenvalue weighted by molar-refractivity contribution is 9.09. The first-order chi connectivity index (χ1) is 21.6. The monoisotopic (exact) mass is 687 g/mol. The predicted octanol–water partition coefficient (Wildman–Crippen LogP) is 3.17. The molecule has 246 valence electrons. The van der Waals surface area contributed by atoms with E-state index in [0.717, 1.165) is 18.4 Å². The van der Waals surface area contributed by atoms with Crippen molar-refractivity contribution in [1.29, 1.82) is 0 Å². The molecule has 0 radical (unpaired) electrons. The van der Waals surface area contributed by atoms with Crippen LogP contribution in [-0.2, 0) is 35.1 Å². The molecule has 1 spiro atoms. The summed E-state index contributed by atoms with van der Waals surface area (Å²) in [6.45, 7) is 11.7. The zero-order chi connectivity index (χ0) is 32.7. The summed E-state index contributed by atoms with van der Waals surface area (Å²) in [4.78, 5) is 57.8. The molecule has 2 bridgehead atoms. The average molecular weight is 689 g/mol. The topological polar surface area (TPSA) is 125 Å². The van der Waals surface area contributed by atoms with Crippen LogP contribution in [-0.4, -0.2) is 99.6 Å². The third-order valence-corrected chi connectivity index (χ3v) is 9.92. The van der Waals surface area contributed by atoms with Gasteiger partial charge in [-0.2, -0.15) is 0 Å². The number of carbonyl (C=O) groups excluding carboxylic acids is 4. The van der Waals surface area contributed by atoms with Crippen LogP contribution in [0.4, 0.5) is 0 Å². The first kappa shape index (κ1) is 34.8. The number of aliphatic hydroxyl groups excluding tert-OH is 1. The lowest BCUT2D eigenvalue weighted by Crippen LogP contribution is -2.59. The highest BCUT2D eigenvalue weighted by Crippen LogP contribution is 2.60. The third kappa shape index (κ3) is 7.20. The molecule has 3 heterocycles. The Balaban J connectivity index is 1.67. The van der Waals surface area contributed by atoms with Gasteiger partial charge < -0.3 is 29.7 Å². The van der Waals surface area contributed by atoms with Crippen LogP contribution in [0.15, 0.2) is 55.6 Å². The number of fused-ring (bicyclic) bond motifs is 1. The van der Waals surface area contributed by atoms with Gasteiger partial charge >= 0.3 is 5.97 Å². The first-order valence-electron chi connectivity index (χ1n) is 15.9. The molecule has 3 aliphatic rings. The van der Waals surface area contributed by atoms with Gasteiger partial charge in [-0.3, -0.25) is 19.2 Å². The van der Waals surface area contributed by atoms with Crippen LogP contribution < -0.4 is 5.32 Å². The molecule has 10 nitrogen and oxygen atoms in total. The number of nitrogens with zero attached hydrogens (tertiary/aromatic N) is 2. The number of ether oxygens (including phenoxy) is 2. The van der Waals surface area contributed by atoms with Gasteiger partial charge in [-0.1, -0.05) is 71.8 Å². The van der Waals surface area contributed by atoms with Crippen molar-refractivity contribution in [1.82, 2.24) is 15.1 Å². The van der Waals surface area contributed by atoms with Crippen molar-refractivity contribution in [2.24, 2.45) is 11.8 Å². The second kappa shape index (κ2) is 15.5. The van der Waals surface area contributed by atoms with E-state index in [-0.39, 0.29) is 36.2 Å². The van der Waals surface area contributed by atoms with Crippen LogP contribution in [0.2, 0.25) is 0 Å². The highest BCUT2D eigenvalue weighted by Gasteiger charge is 2.77. The van der Waals surface area contributed by atoms with Crippen LogP contribution in [0.1, 0.15) is 51.5 Å². The highest BCUT2D eigenvalue weighted by atomic mass is 79.9. The second-order valence-corrected chi connectivity index (χ2v) is 13.4.